The molecule has 1 aromatic carbocycles. The van der Waals surface area contributed by atoms with E-state index in [1.165, 1.54) is 0 Å². The van der Waals surface area contributed by atoms with Gasteiger partial charge in [0.15, 0.2) is 0 Å². The summed E-state index contributed by atoms with van der Waals surface area (Å²) in [6, 6.07) is 5.99. The largest absolute Gasteiger partial charge is 0.398 e. The van der Waals surface area contributed by atoms with Crippen molar-refractivity contribution in [2.24, 2.45) is 0 Å². The molecule has 1 unspecified atom stereocenters. The molecule has 1 aliphatic heterocycles. The highest BCUT2D eigenvalue weighted by Gasteiger charge is 2.19. The molecule has 18 heavy (non-hydrogen) atoms. The molecular weight excluding hydrogens is 234 g/mol. The highest BCUT2D eigenvalue weighted by Crippen LogP contribution is 2.10. The monoisotopic (exact) mass is 249 g/mol. The summed E-state index contributed by atoms with van der Waals surface area (Å²) in [5.41, 5.74) is 6.25. The molecule has 0 aliphatic carbocycles. The van der Waals surface area contributed by atoms with Gasteiger partial charge in [-0.15, -0.1) is 0 Å². The molecule has 6 nitrogen and oxygen atoms in total. The van der Waals surface area contributed by atoms with Crippen molar-refractivity contribution >= 4 is 17.6 Å². The van der Waals surface area contributed by atoms with Gasteiger partial charge in [0.25, 0.3) is 5.91 Å². The van der Waals surface area contributed by atoms with Gasteiger partial charge in [0.05, 0.1) is 5.56 Å². The minimum absolute atomic E-state index is 0.278. The minimum atomic E-state index is -0.574. The number of amides is 3. The Hall–Kier alpha value is -2.08. The lowest BCUT2D eigenvalue weighted by Gasteiger charge is -2.12. The number of hydrogen-bond donors (Lipinski definition) is 3. The Balaban J connectivity index is 1.91. The second-order valence-corrected chi connectivity index (χ2v) is 4.02. The van der Waals surface area contributed by atoms with E-state index >= 15 is 0 Å². The average Bonchev–Trinajstić information content (AvgIpc) is 2.82. The van der Waals surface area contributed by atoms with E-state index in [1.807, 2.05) is 0 Å². The fraction of sp³-hybridized carbons (Fsp3) is 0.333. The molecule has 0 aromatic heterocycles. The van der Waals surface area contributed by atoms with Crippen LogP contribution in [0.2, 0.25) is 0 Å². The number of rotatable bonds is 2. The van der Waals surface area contributed by atoms with Gasteiger partial charge in [0.2, 0.25) is 0 Å². The minimum Gasteiger partial charge on any atom is -0.398 e. The van der Waals surface area contributed by atoms with E-state index in [9.17, 15) is 9.59 Å². The molecule has 1 atom stereocenters. The lowest BCUT2D eigenvalue weighted by atomic mass is 10.2. The number of hydrogen-bond acceptors (Lipinski definition) is 4. The van der Waals surface area contributed by atoms with Gasteiger partial charge in [-0.2, -0.15) is 0 Å². The molecule has 2 rings (SSSR count). The first kappa shape index (κ1) is 12.4. The molecule has 0 radical (unpaired) electrons. The van der Waals surface area contributed by atoms with Crippen LogP contribution < -0.4 is 16.4 Å². The Labute approximate surface area is 104 Å². The number of anilines is 1. The van der Waals surface area contributed by atoms with Gasteiger partial charge in [-0.05, 0) is 25.0 Å². The number of ether oxygens (including phenoxy) is 1. The number of urea groups is 1. The summed E-state index contributed by atoms with van der Waals surface area (Å²) in [6.07, 6.45) is 1.35. The second-order valence-electron chi connectivity index (χ2n) is 4.02. The molecule has 6 heteroatoms. The van der Waals surface area contributed by atoms with E-state index in [1.54, 1.807) is 24.3 Å². The van der Waals surface area contributed by atoms with Crippen molar-refractivity contribution < 1.29 is 14.3 Å². The van der Waals surface area contributed by atoms with Crippen molar-refractivity contribution in [1.29, 1.82) is 0 Å². The fourth-order valence-electron chi connectivity index (χ4n) is 1.75. The molecule has 1 aliphatic rings. The first-order chi connectivity index (χ1) is 8.66. The number of carbonyl (C=O) groups excluding carboxylic acids is 2. The van der Waals surface area contributed by atoms with Crippen LogP contribution in [0.25, 0.3) is 0 Å². The number of nitrogens with one attached hydrogen (secondary N) is 2. The van der Waals surface area contributed by atoms with Crippen molar-refractivity contribution in [2.45, 2.75) is 19.1 Å². The van der Waals surface area contributed by atoms with Gasteiger partial charge in [-0.1, -0.05) is 12.1 Å². The molecule has 1 heterocycles. The number of carbonyl (C=O) groups is 2. The third-order valence-electron chi connectivity index (χ3n) is 2.65. The number of imide groups is 1. The molecule has 0 spiro atoms. The van der Waals surface area contributed by atoms with Gasteiger partial charge in [-0.25, -0.2) is 4.79 Å². The Bertz CT molecular complexity index is 456. The number of nitrogen functional groups attached to an aromatic ring is 1. The zero-order chi connectivity index (χ0) is 13.0. The van der Waals surface area contributed by atoms with Gasteiger partial charge in [-0.3, -0.25) is 10.1 Å². The quantitative estimate of drug-likeness (QED) is 0.677. The van der Waals surface area contributed by atoms with Crippen LogP contribution in [0.5, 0.6) is 0 Å². The first-order valence-corrected chi connectivity index (χ1v) is 5.75. The highest BCUT2D eigenvalue weighted by atomic mass is 16.5. The predicted molar refractivity (Wildman–Crippen MR) is 65.8 cm³/mol. The smallest absolute Gasteiger partial charge is 0.323 e. The summed E-state index contributed by atoms with van der Waals surface area (Å²) in [6.45, 7) is 0.629. The number of para-hydroxylation sites is 1. The molecule has 0 saturated carbocycles. The summed E-state index contributed by atoms with van der Waals surface area (Å²) < 4.78 is 5.23. The maximum Gasteiger partial charge on any atom is 0.323 e. The molecule has 1 fully saturated rings. The molecule has 1 aromatic rings. The standard InChI is InChI=1S/C12H15N3O3/c13-9-5-2-1-4-8(9)11(16)15-12(17)14-10-6-3-7-18-10/h1-2,4-5,10H,3,6-7,13H2,(H2,14,15,16,17). The van der Waals surface area contributed by atoms with Gasteiger partial charge in [0, 0.05) is 12.3 Å². The van der Waals surface area contributed by atoms with E-state index in [2.05, 4.69) is 10.6 Å². The zero-order valence-electron chi connectivity index (χ0n) is 9.81. The first-order valence-electron chi connectivity index (χ1n) is 5.75. The maximum absolute atomic E-state index is 11.8. The van der Waals surface area contributed by atoms with Crippen LogP contribution >= 0.6 is 0 Å². The second kappa shape index (κ2) is 5.50. The van der Waals surface area contributed by atoms with Gasteiger partial charge >= 0.3 is 6.03 Å². The van der Waals surface area contributed by atoms with Gasteiger partial charge < -0.3 is 15.8 Å². The SMILES string of the molecule is Nc1ccccc1C(=O)NC(=O)NC1CCCO1. The number of nitrogens with two attached hydrogens (primary N) is 1. The van der Waals surface area contributed by atoms with Crippen LogP contribution in [0.1, 0.15) is 23.2 Å². The predicted octanol–water partition coefficient (Wildman–Crippen LogP) is 0.845. The van der Waals surface area contributed by atoms with Crippen LogP contribution in [-0.2, 0) is 4.74 Å². The lowest BCUT2D eigenvalue weighted by molar-refractivity contribution is 0.0867. The Kier molecular flexibility index (Phi) is 3.78. The fourth-order valence-corrected chi connectivity index (χ4v) is 1.75. The van der Waals surface area contributed by atoms with Crippen LogP contribution in [-0.4, -0.2) is 24.8 Å². The van der Waals surface area contributed by atoms with E-state index in [0.717, 1.165) is 12.8 Å². The summed E-state index contributed by atoms with van der Waals surface area (Å²) >= 11 is 0. The van der Waals surface area contributed by atoms with Crippen molar-refractivity contribution in [3.05, 3.63) is 29.8 Å². The van der Waals surface area contributed by atoms with E-state index in [4.69, 9.17) is 10.5 Å². The van der Waals surface area contributed by atoms with Crippen LogP contribution in [0, 0.1) is 0 Å². The lowest BCUT2D eigenvalue weighted by Crippen LogP contribution is -2.44. The van der Waals surface area contributed by atoms with Crippen molar-refractivity contribution in [1.82, 2.24) is 10.6 Å². The normalized spacial score (nSPS) is 18.3. The zero-order valence-corrected chi connectivity index (χ0v) is 9.81. The molecule has 1 saturated heterocycles. The van der Waals surface area contributed by atoms with Crippen molar-refractivity contribution in [3.8, 4) is 0 Å². The third kappa shape index (κ3) is 2.98. The summed E-state index contributed by atoms with van der Waals surface area (Å²) in [4.78, 5) is 23.3. The van der Waals surface area contributed by atoms with E-state index < -0.39 is 11.9 Å². The maximum atomic E-state index is 11.8. The van der Waals surface area contributed by atoms with E-state index in [-0.39, 0.29) is 11.8 Å². The number of benzene rings is 1. The Morgan fingerprint density at radius 3 is 2.78 bits per heavy atom. The van der Waals surface area contributed by atoms with Crippen molar-refractivity contribution in [3.63, 3.8) is 0 Å². The van der Waals surface area contributed by atoms with E-state index in [0.29, 0.717) is 12.3 Å². The molecule has 0 bridgehead atoms. The Morgan fingerprint density at radius 2 is 2.11 bits per heavy atom. The molecule has 96 valence electrons. The third-order valence-corrected chi connectivity index (χ3v) is 2.65. The van der Waals surface area contributed by atoms with Crippen molar-refractivity contribution in [2.75, 3.05) is 12.3 Å². The topological polar surface area (TPSA) is 93.5 Å². The van der Waals surface area contributed by atoms with Crippen LogP contribution in [0.15, 0.2) is 24.3 Å². The Morgan fingerprint density at radius 1 is 1.33 bits per heavy atom. The van der Waals surface area contributed by atoms with Crippen LogP contribution in [0.4, 0.5) is 10.5 Å². The summed E-state index contributed by atoms with van der Waals surface area (Å²) in [7, 11) is 0. The molecule has 4 N–H and O–H groups in total. The highest BCUT2D eigenvalue weighted by molar-refractivity contribution is 6.07. The molecule has 3 amide bonds. The summed E-state index contributed by atoms with van der Waals surface area (Å²) in [5, 5.41) is 4.78. The summed E-state index contributed by atoms with van der Waals surface area (Å²) in [5.74, 6) is -0.524. The van der Waals surface area contributed by atoms with Crippen LogP contribution in [0.3, 0.4) is 0 Å². The average molecular weight is 249 g/mol. The van der Waals surface area contributed by atoms with Gasteiger partial charge in [0.1, 0.15) is 6.23 Å². The molecular formula is C12H15N3O3.